The van der Waals surface area contributed by atoms with E-state index in [0.29, 0.717) is 17.0 Å². The molecule has 0 fully saturated rings. The van der Waals surface area contributed by atoms with Gasteiger partial charge in [0.1, 0.15) is 0 Å². The highest BCUT2D eigenvalue weighted by atomic mass is 16.5. The molecule has 0 spiro atoms. The maximum atomic E-state index is 12.4. The minimum absolute atomic E-state index is 0.0646. The van der Waals surface area contributed by atoms with Crippen LogP contribution >= 0.6 is 0 Å². The van der Waals surface area contributed by atoms with Crippen LogP contribution in [0.2, 0.25) is 0 Å². The van der Waals surface area contributed by atoms with Crippen LogP contribution < -0.4 is 4.74 Å². The Hall–Kier alpha value is -2.73. The molecule has 3 rings (SSSR count). The molecule has 0 saturated heterocycles. The van der Waals surface area contributed by atoms with Crippen LogP contribution in [0, 0.1) is 6.92 Å². The zero-order valence-electron chi connectivity index (χ0n) is 15.2. The number of amides is 2. The molecule has 2 aromatic rings. The summed E-state index contributed by atoms with van der Waals surface area (Å²) < 4.78 is 5.32. The fraction of sp³-hybridized carbons (Fsp3) is 0.350. The monoisotopic (exact) mass is 354 g/mol. The van der Waals surface area contributed by atoms with Crippen molar-refractivity contribution >= 4 is 11.8 Å². The van der Waals surface area contributed by atoms with E-state index in [2.05, 4.69) is 4.98 Å². The van der Waals surface area contributed by atoms with Crippen LogP contribution in [0.15, 0.2) is 30.3 Å². The van der Waals surface area contributed by atoms with Gasteiger partial charge in [-0.3, -0.25) is 14.5 Å². The molecular weight excluding hydrogens is 332 g/mol. The van der Waals surface area contributed by atoms with Crippen molar-refractivity contribution in [1.82, 2.24) is 9.88 Å². The zero-order valence-corrected chi connectivity index (χ0v) is 15.2. The highest BCUT2D eigenvalue weighted by Crippen LogP contribution is 2.25. The lowest BCUT2D eigenvalue weighted by molar-refractivity contribution is 0.0543. The summed E-state index contributed by atoms with van der Waals surface area (Å²) in [4.78, 5) is 30.4. The van der Waals surface area contributed by atoms with Crippen molar-refractivity contribution in [2.24, 2.45) is 0 Å². The second-order valence-electron chi connectivity index (χ2n) is 6.38. The topological polar surface area (TPSA) is 79.7 Å². The second-order valence-corrected chi connectivity index (χ2v) is 6.38. The van der Waals surface area contributed by atoms with Crippen LogP contribution in [0.25, 0.3) is 0 Å². The number of ether oxygens (including phenoxy) is 1. The Bertz CT molecular complexity index is 828. The normalized spacial score (nSPS) is 14.5. The molecule has 1 aromatic carbocycles. The van der Waals surface area contributed by atoms with Gasteiger partial charge in [-0.15, -0.1) is 0 Å². The molecule has 1 aliphatic heterocycles. The van der Waals surface area contributed by atoms with Crippen molar-refractivity contribution < 1.29 is 19.4 Å². The summed E-state index contributed by atoms with van der Waals surface area (Å²) in [6, 6.07) is 8.66. The van der Waals surface area contributed by atoms with Gasteiger partial charge in [-0.1, -0.05) is 19.1 Å². The minimum Gasteiger partial charge on any atom is -0.481 e. The van der Waals surface area contributed by atoms with Gasteiger partial charge in [0.25, 0.3) is 11.8 Å². The van der Waals surface area contributed by atoms with Crippen molar-refractivity contribution in [2.45, 2.75) is 32.8 Å². The fourth-order valence-corrected chi connectivity index (χ4v) is 3.29. The summed E-state index contributed by atoms with van der Waals surface area (Å²) in [6.07, 6.45) is 0.168. The Morgan fingerprint density at radius 3 is 2.31 bits per heavy atom. The van der Waals surface area contributed by atoms with Crippen molar-refractivity contribution in [2.75, 3.05) is 13.7 Å². The van der Waals surface area contributed by atoms with Crippen LogP contribution in [-0.2, 0) is 12.8 Å². The SMILES string of the molecule is CCc1cc(C[C@@H](O)CN2C(=O)c3ccccc3C2=O)c(OC)nc1C. The number of pyridine rings is 1. The van der Waals surface area contributed by atoms with Crippen molar-refractivity contribution in [3.63, 3.8) is 0 Å². The third-order valence-corrected chi connectivity index (χ3v) is 4.66. The molecule has 1 aromatic heterocycles. The number of carbonyl (C=O) groups is 2. The van der Waals surface area contributed by atoms with Gasteiger partial charge in [-0.25, -0.2) is 4.98 Å². The molecule has 6 heteroatoms. The van der Waals surface area contributed by atoms with Gasteiger partial charge in [0, 0.05) is 17.7 Å². The van der Waals surface area contributed by atoms with Crippen molar-refractivity contribution in [3.05, 3.63) is 58.3 Å². The highest BCUT2D eigenvalue weighted by Gasteiger charge is 2.36. The van der Waals surface area contributed by atoms with Gasteiger partial charge in [-0.05, 0) is 37.1 Å². The lowest BCUT2D eigenvalue weighted by atomic mass is 10.0. The van der Waals surface area contributed by atoms with E-state index in [9.17, 15) is 14.7 Å². The van der Waals surface area contributed by atoms with E-state index in [-0.39, 0.29) is 24.8 Å². The summed E-state index contributed by atoms with van der Waals surface area (Å²) in [6.45, 7) is 3.89. The van der Waals surface area contributed by atoms with Gasteiger partial charge in [0.05, 0.1) is 30.9 Å². The van der Waals surface area contributed by atoms with Crippen LogP contribution in [0.5, 0.6) is 5.88 Å². The standard InChI is InChI=1S/C20H22N2O4/c1-4-13-9-14(18(26-3)21-12(13)2)10-15(23)11-22-19(24)16-7-5-6-8-17(16)20(22)25/h5-9,15,23H,4,10-11H2,1-3H3/t15-/m1/s1. The maximum Gasteiger partial charge on any atom is 0.261 e. The minimum atomic E-state index is -0.902. The van der Waals surface area contributed by atoms with Crippen LogP contribution in [0.4, 0.5) is 0 Å². The number of imide groups is 1. The summed E-state index contributed by atoms with van der Waals surface area (Å²) in [5, 5.41) is 10.5. The average molecular weight is 354 g/mol. The Balaban J connectivity index is 1.77. The summed E-state index contributed by atoms with van der Waals surface area (Å²) in [5.74, 6) is -0.276. The first kappa shape index (κ1) is 18.1. The number of β-amino-alcohol motifs (C(OH)–C–C–N with tert-alkyl or cyclic N) is 1. The first-order valence-electron chi connectivity index (χ1n) is 8.62. The van der Waals surface area contributed by atoms with E-state index in [1.54, 1.807) is 24.3 Å². The predicted octanol–water partition coefficient (Wildman–Crippen LogP) is 2.16. The van der Waals surface area contributed by atoms with Crippen LogP contribution in [0.1, 0.15) is 44.5 Å². The lowest BCUT2D eigenvalue weighted by Gasteiger charge is -2.20. The maximum absolute atomic E-state index is 12.4. The number of aliphatic hydroxyl groups excluding tert-OH is 1. The van der Waals surface area contributed by atoms with Gasteiger partial charge in [-0.2, -0.15) is 0 Å². The first-order valence-corrected chi connectivity index (χ1v) is 8.62. The Labute approximate surface area is 152 Å². The number of hydrogen-bond donors (Lipinski definition) is 1. The number of rotatable bonds is 6. The van der Waals surface area contributed by atoms with Gasteiger partial charge >= 0.3 is 0 Å². The molecule has 2 heterocycles. The molecule has 1 aliphatic rings. The summed E-state index contributed by atoms with van der Waals surface area (Å²) >= 11 is 0. The number of aliphatic hydroxyl groups is 1. The molecule has 0 saturated carbocycles. The van der Waals surface area contributed by atoms with E-state index >= 15 is 0 Å². The molecule has 0 bridgehead atoms. The van der Waals surface area contributed by atoms with E-state index in [1.165, 1.54) is 7.11 Å². The van der Waals surface area contributed by atoms with Crippen molar-refractivity contribution in [3.8, 4) is 5.88 Å². The molecule has 1 N–H and O–H groups in total. The number of hydrogen-bond acceptors (Lipinski definition) is 5. The molecule has 0 aliphatic carbocycles. The fourth-order valence-electron chi connectivity index (χ4n) is 3.29. The predicted molar refractivity (Wildman–Crippen MR) is 96.4 cm³/mol. The molecule has 1 atom stereocenters. The second kappa shape index (κ2) is 7.25. The average Bonchev–Trinajstić information content (AvgIpc) is 2.88. The molecule has 0 unspecified atom stereocenters. The summed E-state index contributed by atoms with van der Waals surface area (Å²) in [7, 11) is 1.54. The molecule has 0 radical (unpaired) electrons. The molecule has 6 nitrogen and oxygen atoms in total. The quantitative estimate of drug-likeness (QED) is 0.804. The van der Waals surface area contributed by atoms with E-state index in [4.69, 9.17) is 4.74 Å². The van der Waals surface area contributed by atoms with E-state index in [1.807, 2.05) is 19.9 Å². The highest BCUT2D eigenvalue weighted by molar-refractivity contribution is 6.21. The number of nitrogens with zero attached hydrogens (tertiary/aromatic N) is 2. The van der Waals surface area contributed by atoms with E-state index < -0.39 is 6.10 Å². The third kappa shape index (κ3) is 3.20. The number of carbonyl (C=O) groups excluding carboxylic acids is 2. The van der Waals surface area contributed by atoms with Crippen molar-refractivity contribution in [1.29, 1.82) is 0 Å². The van der Waals surface area contributed by atoms with Gasteiger partial charge in [0.2, 0.25) is 5.88 Å². The number of methoxy groups -OCH3 is 1. The van der Waals surface area contributed by atoms with Crippen LogP contribution in [-0.4, -0.2) is 46.6 Å². The lowest BCUT2D eigenvalue weighted by Crippen LogP contribution is -2.37. The number of aromatic nitrogens is 1. The zero-order chi connectivity index (χ0) is 18.8. The Morgan fingerprint density at radius 1 is 1.15 bits per heavy atom. The first-order chi connectivity index (χ1) is 12.5. The molecule has 26 heavy (non-hydrogen) atoms. The molecule has 136 valence electrons. The number of aryl methyl sites for hydroxylation is 2. The number of benzene rings is 1. The molecular formula is C20H22N2O4. The van der Waals surface area contributed by atoms with E-state index in [0.717, 1.165) is 28.1 Å². The Morgan fingerprint density at radius 2 is 1.77 bits per heavy atom. The largest absolute Gasteiger partial charge is 0.481 e. The van der Waals surface area contributed by atoms with Gasteiger partial charge < -0.3 is 9.84 Å². The number of fused-ring (bicyclic) bond motifs is 1. The Kier molecular flexibility index (Phi) is 5.04. The van der Waals surface area contributed by atoms with Gasteiger partial charge in [0.15, 0.2) is 0 Å². The third-order valence-electron chi connectivity index (χ3n) is 4.66. The molecule has 2 amide bonds. The smallest absolute Gasteiger partial charge is 0.261 e. The van der Waals surface area contributed by atoms with Crippen LogP contribution in [0.3, 0.4) is 0 Å². The summed E-state index contributed by atoms with van der Waals surface area (Å²) in [5.41, 5.74) is 3.50.